The number of carbonyl (C=O) groups is 2. The summed E-state index contributed by atoms with van der Waals surface area (Å²) in [7, 11) is 0. The number of nitrogens with one attached hydrogen (secondary N) is 2. The molecule has 8 nitrogen and oxygen atoms in total. The Hall–Kier alpha value is -3.39. The van der Waals surface area contributed by atoms with E-state index in [4.69, 9.17) is 31.0 Å². The van der Waals surface area contributed by atoms with E-state index in [-0.39, 0.29) is 18.1 Å². The first kappa shape index (κ1) is 21.2. The molecule has 2 unspecified atom stereocenters. The van der Waals surface area contributed by atoms with E-state index in [0.717, 1.165) is 12.1 Å². The molecule has 2 amide bonds. The highest BCUT2D eigenvalue weighted by atomic mass is 35.5. The summed E-state index contributed by atoms with van der Waals surface area (Å²) in [5.74, 6) is 0.544. The maximum Gasteiger partial charge on any atom is 0.269 e. The summed E-state index contributed by atoms with van der Waals surface area (Å²) < 4.78 is 11.0. The number of hydrogen-bond donors (Lipinski definition) is 2. The zero-order chi connectivity index (χ0) is 23.9. The number of amides is 2. The van der Waals surface area contributed by atoms with Gasteiger partial charge in [0.2, 0.25) is 6.79 Å². The lowest BCUT2D eigenvalue weighted by Gasteiger charge is -2.39. The van der Waals surface area contributed by atoms with Gasteiger partial charge in [0.1, 0.15) is 5.41 Å². The molecule has 1 saturated carbocycles. The van der Waals surface area contributed by atoms with Gasteiger partial charge in [-0.15, -0.1) is 0 Å². The topological polar surface area (TPSA) is 102 Å². The van der Waals surface area contributed by atoms with Crippen LogP contribution in [-0.4, -0.2) is 28.6 Å². The lowest BCUT2D eigenvalue weighted by molar-refractivity contribution is -0.131. The summed E-state index contributed by atoms with van der Waals surface area (Å²) in [6.07, 6.45) is 1.40. The van der Waals surface area contributed by atoms with Gasteiger partial charge in [0.05, 0.1) is 22.4 Å². The standard InChI is InChI=1S/C25H23ClN4O4/c1-23(2)24(3)8-9-25(23,22(32)30-29-21(31)13-4-6-14(26)7-5-13)20-19(24)27-15-10-17-18(34-12-33-17)11-16(15)28-20/h4-7,10-11H,8-9,12H2,1-3H3,(H,29,31)(H,30,32). The first-order valence-corrected chi connectivity index (χ1v) is 11.5. The second kappa shape index (κ2) is 6.82. The number of hydrazine groups is 1. The molecule has 2 atom stereocenters. The van der Waals surface area contributed by atoms with E-state index in [1.165, 1.54) is 0 Å². The molecule has 2 heterocycles. The number of halogens is 1. The number of hydrogen-bond acceptors (Lipinski definition) is 6. The fourth-order valence-electron chi connectivity index (χ4n) is 5.89. The highest BCUT2D eigenvalue weighted by Crippen LogP contribution is 2.70. The molecule has 2 N–H and O–H groups in total. The van der Waals surface area contributed by atoms with Crippen LogP contribution in [0.5, 0.6) is 11.5 Å². The second-order valence-corrected chi connectivity index (χ2v) is 10.3. The van der Waals surface area contributed by atoms with E-state index in [1.807, 2.05) is 6.07 Å². The van der Waals surface area contributed by atoms with Crippen LogP contribution in [0.1, 0.15) is 55.4 Å². The maximum atomic E-state index is 13.8. The highest BCUT2D eigenvalue weighted by Gasteiger charge is 2.73. The van der Waals surface area contributed by atoms with Crippen molar-refractivity contribution in [3.63, 3.8) is 0 Å². The van der Waals surface area contributed by atoms with Crippen molar-refractivity contribution >= 4 is 34.4 Å². The van der Waals surface area contributed by atoms with E-state index in [1.54, 1.807) is 30.3 Å². The molecule has 2 aromatic carbocycles. The van der Waals surface area contributed by atoms with Gasteiger partial charge in [-0.1, -0.05) is 32.4 Å². The van der Waals surface area contributed by atoms with Crippen molar-refractivity contribution in [2.24, 2.45) is 5.41 Å². The van der Waals surface area contributed by atoms with Crippen LogP contribution in [-0.2, 0) is 15.6 Å². The number of nitrogens with zero attached hydrogens (tertiary/aromatic N) is 2. The van der Waals surface area contributed by atoms with Crippen LogP contribution in [0, 0.1) is 5.41 Å². The molecule has 174 valence electrons. The fraction of sp³-hybridized carbons (Fsp3) is 0.360. The van der Waals surface area contributed by atoms with Gasteiger partial charge in [-0.05, 0) is 42.5 Å². The van der Waals surface area contributed by atoms with E-state index in [9.17, 15) is 9.59 Å². The molecule has 0 radical (unpaired) electrons. The number of rotatable bonds is 2. The van der Waals surface area contributed by atoms with Crippen LogP contribution < -0.4 is 20.3 Å². The van der Waals surface area contributed by atoms with Gasteiger partial charge in [-0.3, -0.25) is 20.4 Å². The van der Waals surface area contributed by atoms with Gasteiger partial charge >= 0.3 is 0 Å². The van der Waals surface area contributed by atoms with Crippen LogP contribution in [0.15, 0.2) is 36.4 Å². The number of aromatic nitrogens is 2. The fourth-order valence-corrected chi connectivity index (χ4v) is 6.02. The van der Waals surface area contributed by atoms with Crippen LogP contribution in [0.3, 0.4) is 0 Å². The van der Waals surface area contributed by atoms with Gasteiger partial charge in [-0.25, -0.2) is 9.97 Å². The predicted octanol–water partition coefficient (Wildman–Crippen LogP) is 3.80. The maximum absolute atomic E-state index is 13.8. The molecular weight excluding hydrogens is 456 g/mol. The lowest BCUT2D eigenvalue weighted by Crippen LogP contribution is -2.55. The van der Waals surface area contributed by atoms with Crippen LogP contribution >= 0.6 is 11.6 Å². The quantitative estimate of drug-likeness (QED) is 0.543. The third kappa shape index (κ3) is 2.54. The first-order valence-electron chi connectivity index (χ1n) is 11.2. The molecular formula is C25H23ClN4O4. The van der Waals surface area contributed by atoms with Crippen molar-refractivity contribution in [1.82, 2.24) is 20.8 Å². The minimum absolute atomic E-state index is 0.162. The summed E-state index contributed by atoms with van der Waals surface area (Å²) in [6.45, 7) is 6.48. The predicted molar refractivity (Wildman–Crippen MR) is 125 cm³/mol. The van der Waals surface area contributed by atoms with Crippen molar-refractivity contribution in [2.45, 2.75) is 44.4 Å². The van der Waals surface area contributed by atoms with Crippen LogP contribution in [0.25, 0.3) is 11.0 Å². The van der Waals surface area contributed by atoms with Gasteiger partial charge in [0.25, 0.3) is 11.8 Å². The molecule has 1 fully saturated rings. The van der Waals surface area contributed by atoms with E-state index in [0.29, 0.717) is 45.2 Å². The van der Waals surface area contributed by atoms with E-state index in [2.05, 4.69) is 31.6 Å². The van der Waals surface area contributed by atoms with Crippen molar-refractivity contribution in [2.75, 3.05) is 6.79 Å². The zero-order valence-electron chi connectivity index (χ0n) is 19.0. The Balaban J connectivity index is 1.39. The molecule has 2 aliphatic carbocycles. The third-order valence-electron chi connectivity index (χ3n) is 8.32. The van der Waals surface area contributed by atoms with Gasteiger partial charge in [-0.2, -0.15) is 0 Å². The smallest absolute Gasteiger partial charge is 0.269 e. The Bertz CT molecular complexity index is 1390. The average Bonchev–Trinajstić information content (AvgIpc) is 3.39. The number of carbonyl (C=O) groups excluding carboxylic acids is 2. The largest absolute Gasteiger partial charge is 0.454 e. The average molecular weight is 479 g/mol. The Morgan fingerprint density at radius 2 is 1.53 bits per heavy atom. The van der Waals surface area contributed by atoms with Crippen LogP contribution in [0.4, 0.5) is 0 Å². The van der Waals surface area contributed by atoms with Crippen molar-refractivity contribution in [3.05, 3.63) is 58.4 Å². The molecule has 1 aliphatic heterocycles. The zero-order valence-corrected chi connectivity index (χ0v) is 19.7. The van der Waals surface area contributed by atoms with Crippen molar-refractivity contribution in [1.29, 1.82) is 0 Å². The Labute approximate surface area is 201 Å². The Kier molecular flexibility index (Phi) is 4.25. The molecule has 3 aliphatic rings. The van der Waals surface area contributed by atoms with E-state index < -0.39 is 16.7 Å². The SMILES string of the molecule is CC12CCC(C(=O)NNC(=O)c3ccc(Cl)cc3)(c3nc4cc5c(cc4nc31)OCO5)C2(C)C. The van der Waals surface area contributed by atoms with E-state index >= 15 is 0 Å². The second-order valence-electron chi connectivity index (χ2n) is 9.89. The van der Waals surface area contributed by atoms with Gasteiger partial charge < -0.3 is 9.47 Å². The molecule has 3 aromatic rings. The third-order valence-corrected chi connectivity index (χ3v) is 8.57. The number of benzene rings is 2. The monoisotopic (exact) mass is 478 g/mol. The summed E-state index contributed by atoms with van der Waals surface area (Å²) in [4.78, 5) is 36.4. The summed E-state index contributed by atoms with van der Waals surface area (Å²) in [5.41, 5.74) is 6.70. The summed E-state index contributed by atoms with van der Waals surface area (Å²) in [6, 6.07) is 10.1. The van der Waals surface area contributed by atoms with Gasteiger partial charge in [0.15, 0.2) is 11.5 Å². The Morgan fingerprint density at radius 1 is 0.912 bits per heavy atom. The van der Waals surface area contributed by atoms with Crippen molar-refractivity contribution in [3.8, 4) is 11.5 Å². The van der Waals surface area contributed by atoms with Crippen LogP contribution in [0.2, 0.25) is 5.02 Å². The summed E-state index contributed by atoms with van der Waals surface area (Å²) in [5, 5.41) is 0.530. The lowest BCUT2D eigenvalue weighted by atomic mass is 9.63. The minimum atomic E-state index is -0.943. The molecule has 9 heteroatoms. The minimum Gasteiger partial charge on any atom is -0.454 e. The number of ether oxygens (including phenoxy) is 2. The van der Waals surface area contributed by atoms with Gasteiger partial charge in [0, 0.05) is 28.1 Å². The van der Waals surface area contributed by atoms with Crippen molar-refractivity contribution < 1.29 is 19.1 Å². The normalized spacial score (nSPS) is 25.3. The first-order chi connectivity index (χ1) is 16.2. The summed E-state index contributed by atoms with van der Waals surface area (Å²) >= 11 is 5.91. The molecule has 6 rings (SSSR count). The number of fused-ring (bicyclic) bond motifs is 7. The molecule has 34 heavy (non-hydrogen) atoms. The molecule has 0 spiro atoms. The molecule has 0 saturated heterocycles. The Morgan fingerprint density at radius 3 is 2.18 bits per heavy atom. The highest BCUT2D eigenvalue weighted by molar-refractivity contribution is 6.30. The molecule has 2 bridgehead atoms. The molecule has 1 aromatic heterocycles.